The SMILES string of the molecule is C#CC/C(=C\C)NCC=O.C=CC.CC.CC.CNS.C\C=C/C=C(\C=C\C(/C=C\C)CC/C=C/C=C/c1nc(-c2ccc(CC)cc2Cl)cn1C)OCCCC(F)(F)F. The number of aryl methyl sites for hydroxylation is 2. The Labute approximate surface area is 373 Å². The molecule has 60 heavy (non-hydrogen) atoms. The lowest BCUT2D eigenvalue weighted by molar-refractivity contribution is -0.137. The van der Waals surface area contributed by atoms with Crippen LogP contribution in [-0.4, -0.2) is 42.2 Å². The monoisotopic (exact) mass is 875 g/mol. The number of thiol groups is 1. The molecule has 2 N–H and O–H groups in total. The minimum Gasteiger partial charge on any atom is -0.494 e. The number of aldehydes is 1. The third-order valence-electron chi connectivity index (χ3n) is 7.12. The van der Waals surface area contributed by atoms with Crippen LogP contribution in [0.2, 0.25) is 5.02 Å². The number of terminal acetylenes is 1. The topological polar surface area (TPSA) is 68.2 Å². The first-order chi connectivity index (χ1) is 28.8. The van der Waals surface area contributed by atoms with Crippen LogP contribution < -0.4 is 10.0 Å². The van der Waals surface area contributed by atoms with E-state index in [4.69, 9.17) is 27.7 Å². The Morgan fingerprint density at radius 2 is 1.75 bits per heavy atom. The van der Waals surface area contributed by atoms with Gasteiger partial charge in [-0.25, -0.2) is 4.98 Å². The summed E-state index contributed by atoms with van der Waals surface area (Å²) in [5.74, 6) is 4.03. The molecule has 0 bridgehead atoms. The largest absolute Gasteiger partial charge is 0.494 e. The van der Waals surface area contributed by atoms with Crippen molar-refractivity contribution >= 4 is 36.8 Å². The molecular formula is C49H74ClF3N4O2S. The molecule has 0 aliphatic heterocycles. The summed E-state index contributed by atoms with van der Waals surface area (Å²) in [4.78, 5) is 14.6. The van der Waals surface area contributed by atoms with Crippen molar-refractivity contribution in [3.63, 3.8) is 0 Å². The number of ether oxygens (including phenoxy) is 1. The number of halogens is 4. The number of nitrogens with zero attached hydrogens (tertiary/aromatic N) is 2. The van der Waals surface area contributed by atoms with E-state index in [0.717, 1.165) is 48.3 Å². The van der Waals surface area contributed by atoms with Crippen molar-refractivity contribution in [2.75, 3.05) is 20.2 Å². The molecule has 0 saturated carbocycles. The van der Waals surface area contributed by atoms with Crippen LogP contribution in [0.25, 0.3) is 17.3 Å². The molecule has 0 radical (unpaired) electrons. The number of hydrogen-bond acceptors (Lipinski definition) is 6. The summed E-state index contributed by atoms with van der Waals surface area (Å²) in [6, 6.07) is 6.09. The van der Waals surface area contributed by atoms with Gasteiger partial charge in [0.15, 0.2) is 0 Å². The Bertz CT molecular complexity index is 1630. The molecule has 0 aliphatic rings. The van der Waals surface area contributed by atoms with Gasteiger partial charge >= 0.3 is 6.18 Å². The molecule has 336 valence electrons. The van der Waals surface area contributed by atoms with Crippen LogP contribution in [0.1, 0.15) is 106 Å². The fourth-order valence-corrected chi connectivity index (χ4v) is 4.73. The molecule has 0 saturated heterocycles. The summed E-state index contributed by atoms with van der Waals surface area (Å²) in [5.41, 5.74) is 3.88. The Hall–Kier alpha value is -4.43. The van der Waals surface area contributed by atoms with Gasteiger partial charge in [-0.3, -0.25) is 4.72 Å². The van der Waals surface area contributed by atoms with E-state index in [1.807, 2.05) is 140 Å². The first-order valence-electron chi connectivity index (χ1n) is 20.5. The number of imidazole rings is 1. The van der Waals surface area contributed by atoms with Crippen LogP contribution in [0.15, 0.2) is 115 Å². The lowest BCUT2D eigenvalue weighted by atomic mass is 10.0. The normalized spacial score (nSPS) is 11.8. The number of carbonyl (C=O) groups is 1. The average Bonchev–Trinajstić information content (AvgIpc) is 3.60. The summed E-state index contributed by atoms with van der Waals surface area (Å²) in [6.07, 6.45) is 31.0. The van der Waals surface area contributed by atoms with Gasteiger partial charge in [-0.2, -0.15) is 13.2 Å². The maximum Gasteiger partial charge on any atom is 0.389 e. The Kier molecular flexibility index (Phi) is 45.8. The Morgan fingerprint density at radius 1 is 1.10 bits per heavy atom. The van der Waals surface area contributed by atoms with Crippen molar-refractivity contribution in [1.29, 1.82) is 0 Å². The van der Waals surface area contributed by atoms with E-state index in [1.54, 1.807) is 19.2 Å². The van der Waals surface area contributed by atoms with E-state index >= 15 is 0 Å². The molecule has 1 heterocycles. The standard InChI is InChI=1S/C33H40ClF3N2O.C8H11NO.C3H6.2C2H6.CH5NS/c1-5-8-16-28(40-23-13-22-33(35,36)37)20-18-27(14-6-2)15-11-9-10-12-17-32-38-31(25-39(32)4)29-21-19-26(7-3)24-30(29)34;1-3-5-8(4-2)9-6-7-10;1-3-2;2*1-2;1-2-3/h5-6,8-10,12,14,16-21,24-25,27H,7,11,13,15,22-23H2,1-4H3;1,4,7,9H,5-6H2,2H3;3H,1H2,2H3;2*1-2H3;2-3H,1H3/b8-5-,10-9+,14-6-,17-12+,20-18+,28-16+;8-4+;;;;. The number of allylic oxidation sites excluding steroid dienone is 13. The minimum absolute atomic E-state index is 0.0201. The molecule has 1 atom stereocenters. The molecule has 2 rings (SSSR count). The number of aromatic nitrogens is 2. The van der Waals surface area contributed by atoms with Gasteiger partial charge in [-0.1, -0.05) is 132 Å². The van der Waals surface area contributed by atoms with Crippen LogP contribution in [0.3, 0.4) is 0 Å². The zero-order valence-corrected chi connectivity index (χ0v) is 39.7. The summed E-state index contributed by atoms with van der Waals surface area (Å²) >= 11 is 10.0. The molecule has 1 unspecified atom stereocenters. The van der Waals surface area contributed by atoms with E-state index in [0.29, 0.717) is 23.7 Å². The number of carbonyl (C=O) groups excluding carboxylic acids is 1. The zero-order chi connectivity index (χ0) is 46.6. The van der Waals surface area contributed by atoms with Gasteiger partial charge in [-0.15, -0.1) is 18.9 Å². The van der Waals surface area contributed by atoms with Crippen LogP contribution >= 0.6 is 24.4 Å². The van der Waals surface area contributed by atoms with Crippen molar-refractivity contribution in [3.05, 3.63) is 132 Å². The third kappa shape index (κ3) is 35.5. The highest BCUT2D eigenvalue weighted by molar-refractivity contribution is 7.78. The first-order valence-corrected chi connectivity index (χ1v) is 21.3. The molecule has 0 fully saturated rings. The second-order valence-electron chi connectivity index (χ2n) is 11.7. The summed E-state index contributed by atoms with van der Waals surface area (Å²) in [5, 5.41) is 3.57. The minimum atomic E-state index is -4.16. The van der Waals surface area contributed by atoms with Gasteiger partial charge in [0.05, 0.1) is 23.9 Å². The third-order valence-corrected chi connectivity index (χ3v) is 7.43. The fourth-order valence-electron chi connectivity index (χ4n) is 4.43. The first kappa shape index (κ1) is 62.2. The Morgan fingerprint density at radius 3 is 2.27 bits per heavy atom. The smallest absolute Gasteiger partial charge is 0.389 e. The predicted molar refractivity (Wildman–Crippen MR) is 260 cm³/mol. The maximum atomic E-state index is 12.4. The molecule has 0 amide bonds. The number of nitrogens with one attached hydrogen (secondary N) is 2. The van der Waals surface area contributed by atoms with Crippen LogP contribution in [0.5, 0.6) is 0 Å². The van der Waals surface area contributed by atoms with Gasteiger partial charge in [0, 0.05) is 37.3 Å². The number of rotatable bonds is 19. The lowest BCUT2D eigenvalue weighted by Crippen LogP contribution is -2.14. The average molecular weight is 876 g/mol. The van der Waals surface area contributed by atoms with E-state index in [2.05, 4.69) is 60.5 Å². The highest BCUT2D eigenvalue weighted by Gasteiger charge is 2.26. The van der Waals surface area contributed by atoms with Crippen molar-refractivity contribution in [3.8, 4) is 23.6 Å². The van der Waals surface area contributed by atoms with E-state index in [1.165, 1.54) is 5.56 Å². The predicted octanol–water partition coefficient (Wildman–Crippen LogP) is 14.2. The van der Waals surface area contributed by atoms with Crippen molar-refractivity contribution in [1.82, 2.24) is 19.6 Å². The van der Waals surface area contributed by atoms with Crippen LogP contribution in [-0.2, 0) is 23.0 Å². The van der Waals surface area contributed by atoms with Crippen LogP contribution in [0.4, 0.5) is 13.2 Å². The number of benzene rings is 1. The van der Waals surface area contributed by atoms with E-state index < -0.39 is 12.6 Å². The van der Waals surface area contributed by atoms with Gasteiger partial charge in [0.1, 0.15) is 17.9 Å². The fraction of sp³-hybridized carbons (Fsp3) is 0.429. The van der Waals surface area contributed by atoms with Gasteiger partial charge in [0.25, 0.3) is 0 Å². The molecule has 11 heteroatoms. The lowest BCUT2D eigenvalue weighted by Gasteiger charge is -2.10. The summed E-state index contributed by atoms with van der Waals surface area (Å²) in [7, 11) is 3.70. The molecule has 1 aromatic carbocycles. The van der Waals surface area contributed by atoms with Crippen molar-refractivity contribution < 1.29 is 22.7 Å². The second kappa shape index (κ2) is 44.1. The van der Waals surface area contributed by atoms with E-state index in [-0.39, 0.29) is 18.9 Å². The highest BCUT2D eigenvalue weighted by atomic mass is 35.5. The number of hydrogen-bond donors (Lipinski definition) is 3. The molecule has 1 aromatic heterocycles. The highest BCUT2D eigenvalue weighted by Crippen LogP contribution is 2.28. The maximum absolute atomic E-state index is 12.4. The van der Waals surface area contributed by atoms with Crippen LogP contribution in [0, 0.1) is 18.3 Å². The number of alkyl halides is 3. The van der Waals surface area contributed by atoms with Gasteiger partial charge in [-0.05, 0) is 96.2 Å². The van der Waals surface area contributed by atoms with Crippen molar-refractivity contribution in [2.24, 2.45) is 13.0 Å². The Balaban J connectivity index is -0.000000654. The zero-order valence-electron chi connectivity index (χ0n) is 38.1. The van der Waals surface area contributed by atoms with Gasteiger partial charge < -0.3 is 19.4 Å². The molecule has 6 nitrogen and oxygen atoms in total. The summed E-state index contributed by atoms with van der Waals surface area (Å²) in [6.45, 7) is 21.4. The van der Waals surface area contributed by atoms with Crippen molar-refractivity contribution in [2.45, 2.75) is 107 Å². The molecule has 2 aromatic rings. The van der Waals surface area contributed by atoms with Gasteiger partial charge in [0.2, 0.25) is 0 Å². The molecular weight excluding hydrogens is 801 g/mol. The quantitative estimate of drug-likeness (QED) is 0.0250. The molecule has 0 aliphatic carbocycles. The van der Waals surface area contributed by atoms with E-state index in [9.17, 15) is 18.0 Å². The summed E-state index contributed by atoms with van der Waals surface area (Å²) < 4.78 is 47.2. The second-order valence-corrected chi connectivity index (χ2v) is 12.6. The molecule has 0 spiro atoms.